The van der Waals surface area contributed by atoms with Crippen LogP contribution in [0.15, 0.2) is 18.2 Å². The van der Waals surface area contributed by atoms with Gasteiger partial charge in [0.05, 0.1) is 5.02 Å². The highest BCUT2D eigenvalue weighted by Gasteiger charge is 2.07. The molecule has 1 aromatic rings. The second-order valence-electron chi connectivity index (χ2n) is 5.17. The number of ether oxygens (including phenoxy) is 1. The molecule has 0 aliphatic heterocycles. The van der Waals surface area contributed by atoms with Crippen molar-refractivity contribution in [1.82, 2.24) is 5.32 Å². The van der Waals surface area contributed by atoms with E-state index in [9.17, 15) is 4.39 Å². The van der Waals surface area contributed by atoms with Crippen LogP contribution in [-0.4, -0.2) is 19.8 Å². The minimum Gasteiger partial charge on any atom is -0.381 e. The first-order valence-corrected chi connectivity index (χ1v) is 7.14. The zero-order chi connectivity index (χ0) is 14.3. The smallest absolute Gasteiger partial charge is 0.141 e. The Labute approximate surface area is 120 Å². The lowest BCUT2D eigenvalue weighted by Crippen LogP contribution is -2.21. The van der Waals surface area contributed by atoms with Crippen molar-refractivity contribution in [2.75, 3.05) is 19.8 Å². The molecule has 1 atom stereocenters. The Balaban J connectivity index is 2.23. The van der Waals surface area contributed by atoms with Gasteiger partial charge in [0, 0.05) is 19.3 Å². The Kier molecular flexibility index (Phi) is 7.36. The Morgan fingerprint density at radius 2 is 2.05 bits per heavy atom. The van der Waals surface area contributed by atoms with Crippen LogP contribution in [0.4, 0.5) is 4.39 Å². The molecule has 4 heteroatoms. The largest absolute Gasteiger partial charge is 0.381 e. The van der Waals surface area contributed by atoms with Crippen LogP contribution in [0.3, 0.4) is 0 Å². The minimum atomic E-state index is -0.375. The van der Waals surface area contributed by atoms with Crippen molar-refractivity contribution in [2.24, 2.45) is 5.92 Å². The van der Waals surface area contributed by atoms with Crippen molar-refractivity contribution in [1.29, 1.82) is 0 Å². The summed E-state index contributed by atoms with van der Waals surface area (Å²) in [6.07, 6.45) is 0.964. The average molecular weight is 288 g/mol. The third-order valence-electron chi connectivity index (χ3n) is 2.81. The maximum atomic E-state index is 13.0. The molecule has 1 aromatic carbocycles. The van der Waals surface area contributed by atoms with Crippen LogP contribution in [-0.2, 0) is 4.74 Å². The number of hydrogen-bond donors (Lipinski definition) is 1. The Morgan fingerprint density at radius 3 is 2.68 bits per heavy atom. The van der Waals surface area contributed by atoms with Gasteiger partial charge in [-0.3, -0.25) is 0 Å². The van der Waals surface area contributed by atoms with Crippen LogP contribution in [0.5, 0.6) is 0 Å². The lowest BCUT2D eigenvalue weighted by atomic mass is 10.1. The fourth-order valence-electron chi connectivity index (χ4n) is 1.71. The summed E-state index contributed by atoms with van der Waals surface area (Å²) in [5, 5.41) is 3.55. The summed E-state index contributed by atoms with van der Waals surface area (Å²) in [6, 6.07) is 4.99. The molecule has 0 bridgehead atoms. The number of hydrogen-bond acceptors (Lipinski definition) is 2. The molecule has 0 saturated carbocycles. The summed E-state index contributed by atoms with van der Waals surface area (Å²) in [4.78, 5) is 0. The highest BCUT2D eigenvalue weighted by atomic mass is 35.5. The van der Waals surface area contributed by atoms with Crippen molar-refractivity contribution >= 4 is 11.6 Å². The lowest BCUT2D eigenvalue weighted by Gasteiger charge is -2.15. The standard InChI is InChI=1S/C15H23ClFNO/c1-11(2)10-19-8-4-7-18-12(3)13-5-6-15(17)14(16)9-13/h5-6,9,11-12,18H,4,7-8,10H2,1-3H3. The molecule has 0 amide bonds. The SMILES string of the molecule is CC(C)COCCCNC(C)c1ccc(F)c(Cl)c1. The van der Waals surface area contributed by atoms with E-state index in [1.165, 1.54) is 6.07 Å². The third kappa shape index (κ3) is 6.37. The molecule has 0 radical (unpaired) electrons. The molecule has 1 N–H and O–H groups in total. The number of nitrogens with one attached hydrogen (secondary N) is 1. The summed E-state index contributed by atoms with van der Waals surface area (Å²) < 4.78 is 18.6. The van der Waals surface area contributed by atoms with Crippen LogP contribution in [0, 0.1) is 11.7 Å². The predicted molar refractivity (Wildman–Crippen MR) is 78.1 cm³/mol. The molecule has 2 nitrogen and oxygen atoms in total. The summed E-state index contributed by atoms with van der Waals surface area (Å²) in [5.74, 6) is 0.202. The van der Waals surface area contributed by atoms with Gasteiger partial charge in [0.2, 0.25) is 0 Å². The van der Waals surface area contributed by atoms with E-state index >= 15 is 0 Å². The van der Waals surface area contributed by atoms with Gasteiger partial charge in [0.15, 0.2) is 0 Å². The third-order valence-corrected chi connectivity index (χ3v) is 3.10. The first-order chi connectivity index (χ1) is 9.00. The van der Waals surface area contributed by atoms with Gasteiger partial charge in [0.1, 0.15) is 5.82 Å². The Bertz CT molecular complexity index is 384. The topological polar surface area (TPSA) is 21.3 Å². The van der Waals surface area contributed by atoms with Crippen LogP contribution >= 0.6 is 11.6 Å². The fraction of sp³-hybridized carbons (Fsp3) is 0.600. The van der Waals surface area contributed by atoms with E-state index < -0.39 is 0 Å². The highest BCUT2D eigenvalue weighted by molar-refractivity contribution is 6.30. The van der Waals surface area contributed by atoms with Gasteiger partial charge in [-0.2, -0.15) is 0 Å². The molecule has 0 aromatic heterocycles. The maximum Gasteiger partial charge on any atom is 0.141 e. The summed E-state index contributed by atoms with van der Waals surface area (Å²) >= 11 is 5.77. The monoisotopic (exact) mass is 287 g/mol. The second kappa shape index (κ2) is 8.51. The molecular weight excluding hydrogens is 265 g/mol. The fourth-order valence-corrected chi connectivity index (χ4v) is 1.90. The van der Waals surface area contributed by atoms with Crippen molar-refractivity contribution in [3.8, 4) is 0 Å². The van der Waals surface area contributed by atoms with E-state index in [4.69, 9.17) is 16.3 Å². The molecule has 108 valence electrons. The van der Waals surface area contributed by atoms with Crippen molar-refractivity contribution < 1.29 is 9.13 Å². The molecule has 0 aliphatic rings. The van der Waals surface area contributed by atoms with Crippen LogP contribution < -0.4 is 5.32 Å². The van der Waals surface area contributed by atoms with E-state index in [0.717, 1.165) is 31.7 Å². The number of halogens is 2. The normalized spacial score (nSPS) is 12.9. The molecule has 1 unspecified atom stereocenters. The molecule has 0 fully saturated rings. The van der Waals surface area contributed by atoms with E-state index in [-0.39, 0.29) is 16.9 Å². The molecule has 0 saturated heterocycles. The van der Waals surface area contributed by atoms with Gasteiger partial charge in [-0.1, -0.05) is 31.5 Å². The number of benzene rings is 1. The Morgan fingerprint density at radius 1 is 1.32 bits per heavy atom. The van der Waals surface area contributed by atoms with E-state index in [2.05, 4.69) is 19.2 Å². The van der Waals surface area contributed by atoms with E-state index in [1.807, 2.05) is 6.92 Å². The predicted octanol–water partition coefficient (Wildman–Crippen LogP) is 4.19. The van der Waals surface area contributed by atoms with Crippen molar-refractivity contribution in [3.63, 3.8) is 0 Å². The second-order valence-corrected chi connectivity index (χ2v) is 5.58. The zero-order valence-electron chi connectivity index (χ0n) is 11.9. The molecule has 0 heterocycles. The van der Waals surface area contributed by atoms with Gasteiger partial charge in [0.25, 0.3) is 0 Å². The molecule has 0 spiro atoms. The Hall–Kier alpha value is -0.640. The maximum absolute atomic E-state index is 13.0. The molecule has 19 heavy (non-hydrogen) atoms. The van der Waals surface area contributed by atoms with E-state index in [1.54, 1.807) is 12.1 Å². The van der Waals surface area contributed by atoms with Crippen LogP contribution in [0.2, 0.25) is 5.02 Å². The summed E-state index contributed by atoms with van der Waals surface area (Å²) in [7, 11) is 0. The van der Waals surface area contributed by atoms with Crippen molar-refractivity contribution in [3.05, 3.63) is 34.6 Å². The van der Waals surface area contributed by atoms with Gasteiger partial charge < -0.3 is 10.1 Å². The summed E-state index contributed by atoms with van der Waals surface area (Å²) in [5.41, 5.74) is 0.995. The highest BCUT2D eigenvalue weighted by Crippen LogP contribution is 2.20. The first-order valence-electron chi connectivity index (χ1n) is 6.76. The lowest BCUT2D eigenvalue weighted by molar-refractivity contribution is 0.107. The van der Waals surface area contributed by atoms with Gasteiger partial charge in [-0.05, 0) is 43.5 Å². The van der Waals surface area contributed by atoms with Gasteiger partial charge in [-0.15, -0.1) is 0 Å². The van der Waals surface area contributed by atoms with Crippen LogP contribution in [0.25, 0.3) is 0 Å². The minimum absolute atomic E-state index is 0.156. The molecule has 0 aliphatic carbocycles. The van der Waals surface area contributed by atoms with Gasteiger partial charge in [-0.25, -0.2) is 4.39 Å². The van der Waals surface area contributed by atoms with E-state index in [0.29, 0.717) is 5.92 Å². The van der Waals surface area contributed by atoms with Crippen molar-refractivity contribution in [2.45, 2.75) is 33.2 Å². The van der Waals surface area contributed by atoms with Gasteiger partial charge >= 0.3 is 0 Å². The zero-order valence-corrected chi connectivity index (χ0v) is 12.6. The first kappa shape index (κ1) is 16.4. The summed E-state index contributed by atoms with van der Waals surface area (Å²) in [6.45, 7) is 8.76. The average Bonchev–Trinajstić information content (AvgIpc) is 2.36. The quantitative estimate of drug-likeness (QED) is 0.724. The number of rotatable bonds is 8. The van der Waals surface area contributed by atoms with Crippen LogP contribution in [0.1, 0.15) is 38.8 Å². The molecule has 1 rings (SSSR count). The molecular formula is C15H23ClFNO.